The van der Waals surface area contributed by atoms with Gasteiger partial charge in [0.1, 0.15) is 11.5 Å². The molecule has 0 saturated carbocycles. The summed E-state index contributed by atoms with van der Waals surface area (Å²) < 4.78 is 62.7. The van der Waals surface area contributed by atoms with E-state index in [2.05, 4.69) is 10.1 Å². The maximum absolute atomic E-state index is 13.1. The van der Waals surface area contributed by atoms with Crippen LogP contribution in [0.2, 0.25) is 0 Å². The molecule has 1 aliphatic rings. The van der Waals surface area contributed by atoms with E-state index in [-0.39, 0.29) is 23.1 Å². The van der Waals surface area contributed by atoms with Crippen molar-refractivity contribution in [2.24, 2.45) is 5.92 Å². The van der Waals surface area contributed by atoms with Gasteiger partial charge in [-0.2, -0.15) is 13.1 Å². The Balaban J connectivity index is 1.72. The van der Waals surface area contributed by atoms with Gasteiger partial charge >= 0.3 is 6.61 Å². The molecule has 2 unspecified atom stereocenters. The highest BCUT2D eigenvalue weighted by Gasteiger charge is 2.34. The summed E-state index contributed by atoms with van der Waals surface area (Å²) in [6.07, 6.45) is 1.53. The number of amides is 1. The SMILES string of the molecule is CCC(NC(=O)C1CCCN(S(=O)(=O)c2ccc(OC)cc2)C1)c1ccccc1OC(F)F. The lowest BCUT2D eigenvalue weighted by Crippen LogP contribution is -2.46. The highest BCUT2D eigenvalue weighted by molar-refractivity contribution is 7.89. The minimum atomic E-state index is -3.77. The molecule has 10 heteroatoms. The van der Waals surface area contributed by atoms with Crippen molar-refractivity contribution in [3.63, 3.8) is 0 Å². The fraction of sp³-hybridized carbons (Fsp3) is 0.435. The number of ether oxygens (including phenoxy) is 2. The Bertz CT molecular complexity index is 1050. The van der Waals surface area contributed by atoms with Gasteiger partial charge in [-0.1, -0.05) is 25.1 Å². The van der Waals surface area contributed by atoms with Crippen molar-refractivity contribution in [3.8, 4) is 11.5 Å². The average Bonchev–Trinajstić information content (AvgIpc) is 2.82. The lowest BCUT2D eigenvalue weighted by molar-refractivity contribution is -0.126. The van der Waals surface area contributed by atoms with Crippen LogP contribution in [0.1, 0.15) is 37.8 Å². The molecule has 1 aliphatic heterocycles. The number of methoxy groups -OCH3 is 1. The summed E-state index contributed by atoms with van der Waals surface area (Å²) in [6.45, 7) is -0.785. The van der Waals surface area contributed by atoms with Gasteiger partial charge in [0.2, 0.25) is 15.9 Å². The summed E-state index contributed by atoms with van der Waals surface area (Å²) in [5.74, 6) is -0.314. The van der Waals surface area contributed by atoms with Crippen LogP contribution in [0.4, 0.5) is 8.78 Å². The molecule has 1 fully saturated rings. The van der Waals surface area contributed by atoms with Gasteiger partial charge in [0, 0.05) is 18.7 Å². The molecule has 0 spiro atoms. The van der Waals surface area contributed by atoms with Crippen molar-refractivity contribution >= 4 is 15.9 Å². The molecule has 1 heterocycles. The minimum Gasteiger partial charge on any atom is -0.497 e. The third-order valence-corrected chi connectivity index (χ3v) is 7.57. The van der Waals surface area contributed by atoms with E-state index in [1.165, 1.54) is 29.6 Å². The minimum absolute atomic E-state index is 0.00649. The Morgan fingerprint density at radius 1 is 1.18 bits per heavy atom. The zero-order valence-corrected chi connectivity index (χ0v) is 19.4. The normalized spacial score (nSPS) is 18.0. The number of hydrogen-bond acceptors (Lipinski definition) is 5. The first-order valence-corrected chi connectivity index (χ1v) is 12.2. The summed E-state index contributed by atoms with van der Waals surface area (Å²) >= 11 is 0. The molecule has 0 aromatic heterocycles. The maximum atomic E-state index is 13.1. The summed E-state index contributed by atoms with van der Waals surface area (Å²) in [6, 6.07) is 11.9. The number of sulfonamides is 1. The van der Waals surface area contributed by atoms with Crippen LogP contribution in [0.3, 0.4) is 0 Å². The van der Waals surface area contributed by atoms with Crippen molar-refractivity contribution < 1.29 is 31.5 Å². The third kappa shape index (κ3) is 6.00. The monoisotopic (exact) mass is 482 g/mol. The predicted octanol–water partition coefficient (Wildman–Crippen LogP) is 3.96. The number of rotatable bonds is 9. The van der Waals surface area contributed by atoms with Gasteiger partial charge in [0.05, 0.1) is 24.0 Å². The number of benzene rings is 2. The smallest absolute Gasteiger partial charge is 0.387 e. The van der Waals surface area contributed by atoms with Gasteiger partial charge in [0.15, 0.2) is 0 Å². The number of carbonyl (C=O) groups excluding carboxylic acids is 1. The third-order valence-electron chi connectivity index (χ3n) is 5.69. The van der Waals surface area contributed by atoms with Gasteiger partial charge in [-0.3, -0.25) is 4.79 Å². The molecule has 1 N–H and O–H groups in total. The largest absolute Gasteiger partial charge is 0.497 e. The highest BCUT2D eigenvalue weighted by Crippen LogP contribution is 2.30. The number of piperidine rings is 1. The van der Waals surface area contributed by atoms with Gasteiger partial charge < -0.3 is 14.8 Å². The van der Waals surface area contributed by atoms with Gasteiger partial charge in [0.25, 0.3) is 0 Å². The Morgan fingerprint density at radius 2 is 1.88 bits per heavy atom. The highest BCUT2D eigenvalue weighted by atomic mass is 32.2. The number of nitrogens with one attached hydrogen (secondary N) is 1. The first kappa shape index (κ1) is 24.9. The molecule has 1 amide bonds. The Hall–Kier alpha value is -2.72. The van der Waals surface area contributed by atoms with Crippen LogP contribution >= 0.6 is 0 Å². The lowest BCUT2D eigenvalue weighted by Gasteiger charge is -2.32. The van der Waals surface area contributed by atoms with E-state index in [0.29, 0.717) is 37.1 Å². The van der Waals surface area contributed by atoms with Crippen LogP contribution in [0.5, 0.6) is 11.5 Å². The number of alkyl halides is 2. The molecule has 2 aromatic carbocycles. The zero-order valence-electron chi connectivity index (χ0n) is 18.5. The van der Waals surface area contributed by atoms with E-state index in [4.69, 9.17) is 4.74 Å². The molecule has 2 atom stereocenters. The average molecular weight is 483 g/mol. The van der Waals surface area contributed by atoms with E-state index >= 15 is 0 Å². The van der Waals surface area contributed by atoms with Crippen molar-refractivity contribution in [1.82, 2.24) is 9.62 Å². The molecule has 2 aromatic rings. The van der Waals surface area contributed by atoms with Crippen LogP contribution in [0.25, 0.3) is 0 Å². The fourth-order valence-corrected chi connectivity index (χ4v) is 5.46. The van der Waals surface area contributed by atoms with E-state index < -0.39 is 28.6 Å². The Labute approximate surface area is 192 Å². The second-order valence-electron chi connectivity index (χ2n) is 7.76. The molecule has 0 bridgehead atoms. The van der Waals surface area contributed by atoms with Crippen LogP contribution in [0.15, 0.2) is 53.4 Å². The first-order valence-electron chi connectivity index (χ1n) is 10.7. The van der Waals surface area contributed by atoms with Crippen molar-refractivity contribution in [1.29, 1.82) is 0 Å². The molecule has 3 rings (SSSR count). The quantitative estimate of drug-likeness (QED) is 0.585. The molecule has 7 nitrogen and oxygen atoms in total. The van der Waals surface area contributed by atoms with Crippen molar-refractivity contribution in [2.75, 3.05) is 20.2 Å². The molecule has 33 heavy (non-hydrogen) atoms. The summed E-state index contributed by atoms with van der Waals surface area (Å²) in [5, 5.41) is 2.89. The van der Waals surface area contributed by atoms with Crippen LogP contribution in [-0.4, -0.2) is 45.4 Å². The van der Waals surface area contributed by atoms with Crippen LogP contribution < -0.4 is 14.8 Å². The number of nitrogens with zero attached hydrogens (tertiary/aromatic N) is 1. The Kier molecular flexibility index (Phi) is 8.25. The summed E-state index contributed by atoms with van der Waals surface area (Å²) in [4.78, 5) is 13.2. The molecular formula is C23H28F2N2O5S. The number of carbonyl (C=O) groups is 1. The topological polar surface area (TPSA) is 84.9 Å². The van der Waals surface area contributed by atoms with E-state index in [9.17, 15) is 22.0 Å². The maximum Gasteiger partial charge on any atom is 0.387 e. The van der Waals surface area contributed by atoms with Crippen molar-refractivity contribution in [2.45, 2.75) is 43.7 Å². The second kappa shape index (κ2) is 10.9. The lowest BCUT2D eigenvalue weighted by atomic mass is 9.97. The Morgan fingerprint density at radius 3 is 2.52 bits per heavy atom. The van der Waals surface area contributed by atoms with Gasteiger partial charge in [-0.05, 0) is 49.6 Å². The number of hydrogen-bond donors (Lipinski definition) is 1. The molecule has 0 radical (unpaired) electrons. The van der Waals surface area contributed by atoms with Crippen molar-refractivity contribution in [3.05, 3.63) is 54.1 Å². The van der Waals surface area contributed by atoms with Gasteiger partial charge in [-0.15, -0.1) is 0 Å². The van der Waals surface area contributed by atoms with Crippen LogP contribution in [0, 0.1) is 5.92 Å². The summed E-state index contributed by atoms with van der Waals surface area (Å²) in [5.41, 5.74) is 0.451. The van der Waals surface area contributed by atoms with Gasteiger partial charge in [-0.25, -0.2) is 8.42 Å². The molecule has 180 valence electrons. The molecule has 0 aliphatic carbocycles. The fourth-order valence-electron chi connectivity index (χ4n) is 3.93. The first-order chi connectivity index (χ1) is 15.8. The second-order valence-corrected chi connectivity index (χ2v) is 9.70. The predicted molar refractivity (Wildman–Crippen MR) is 119 cm³/mol. The number of halogens is 2. The van der Waals surface area contributed by atoms with E-state index in [1.54, 1.807) is 30.3 Å². The zero-order chi connectivity index (χ0) is 24.0. The molecular weight excluding hydrogens is 454 g/mol. The summed E-state index contributed by atoms with van der Waals surface area (Å²) in [7, 11) is -2.27. The number of para-hydroxylation sites is 1. The molecule has 1 saturated heterocycles. The standard InChI is InChI=1S/C23H28F2N2O5S/c1-3-20(19-8-4-5-9-21(19)32-23(24)25)26-22(28)16-7-6-14-27(15-16)33(29,30)18-12-10-17(31-2)11-13-18/h4-5,8-13,16,20,23H,3,6-7,14-15H2,1-2H3,(H,26,28). The van der Waals surface area contributed by atoms with E-state index in [1.807, 2.05) is 6.92 Å². The van der Waals surface area contributed by atoms with Crippen LogP contribution in [-0.2, 0) is 14.8 Å². The van der Waals surface area contributed by atoms with E-state index in [0.717, 1.165) is 0 Å².